The van der Waals surface area contributed by atoms with Crippen molar-refractivity contribution in [2.24, 2.45) is 5.92 Å². The fourth-order valence-electron chi connectivity index (χ4n) is 1.36. The largest absolute Gasteiger partial charge is 0.459 e. The summed E-state index contributed by atoms with van der Waals surface area (Å²) in [6.07, 6.45) is 0.131. The van der Waals surface area contributed by atoms with Crippen LogP contribution >= 0.6 is 23.2 Å². The predicted molar refractivity (Wildman–Crippen MR) is 72.2 cm³/mol. The number of hydrogen-bond acceptors (Lipinski definition) is 3. The quantitative estimate of drug-likeness (QED) is 0.844. The first-order chi connectivity index (χ1) is 8.47. The maximum atomic E-state index is 11.8. The second kappa shape index (κ2) is 6.98. The smallest absolute Gasteiger partial charge is 0.341 e. The van der Waals surface area contributed by atoms with Crippen molar-refractivity contribution in [2.75, 3.05) is 6.61 Å². The first-order valence-electron chi connectivity index (χ1n) is 5.76. The molecule has 0 aliphatic rings. The number of esters is 1. The highest BCUT2D eigenvalue weighted by molar-refractivity contribution is 6.39. The van der Waals surface area contributed by atoms with E-state index in [-0.39, 0.29) is 28.1 Å². The molecule has 0 aliphatic heterocycles. The van der Waals surface area contributed by atoms with Gasteiger partial charge in [-0.1, -0.05) is 49.5 Å². The van der Waals surface area contributed by atoms with Gasteiger partial charge in [-0.25, -0.2) is 4.79 Å². The van der Waals surface area contributed by atoms with Gasteiger partial charge in [0.2, 0.25) is 0 Å². The minimum Gasteiger partial charge on any atom is -0.459 e. The molecule has 0 aliphatic carbocycles. The zero-order valence-electron chi connectivity index (χ0n) is 10.3. The summed E-state index contributed by atoms with van der Waals surface area (Å²) in [7, 11) is 0. The summed E-state index contributed by atoms with van der Waals surface area (Å²) in [5.41, 5.74) is 0.136. The van der Waals surface area contributed by atoms with Crippen LogP contribution in [0, 0.1) is 5.92 Å². The van der Waals surface area contributed by atoms with Gasteiger partial charge in [0, 0.05) is 0 Å². The fraction of sp³-hybridized carbons (Fsp3) is 0.462. The van der Waals surface area contributed by atoms with E-state index in [4.69, 9.17) is 27.9 Å². The summed E-state index contributed by atoms with van der Waals surface area (Å²) >= 11 is 11.8. The van der Waals surface area contributed by atoms with Gasteiger partial charge >= 0.3 is 5.97 Å². The van der Waals surface area contributed by atoms with Crippen LogP contribution in [0.25, 0.3) is 0 Å². The predicted octanol–water partition coefficient (Wildman–Crippen LogP) is 3.56. The monoisotopic (exact) mass is 290 g/mol. The number of aliphatic hydroxyl groups is 1. The number of hydrogen-bond donors (Lipinski definition) is 1. The van der Waals surface area contributed by atoms with Crippen molar-refractivity contribution in [3.8, 4) is 0 Å². The Morgan fingerprint density at radius 2 is 1.94 bits per heavy atom. The van der Waals surface area contributed by atoms with Crippen LogP contribution in [-0.2, 0) is 4.74 Å². The SMILES string of the molecule is CC[C@H](C)C(O)COC(=O)c1c(Cl)cccc1Cl. The fourth-order valence-corrected chi connectivity index (χ4v) is 1.91. The van der Waals surface area contributed by atoms with Crippen molar-refractivity contribution in [2.45, 2.75) is 26.4 Å². The summed E-state index contributed by atoms with van der Waals surface area (Å²) in [6, 6.07) is 4.78. The maximum Gasteiger partial charge on any atom is 0.341 e. The first kappa shape index (κ1) is 15.3. The molecule has 0 saturated carbocycles. The highest BCUT2D eigenvalue weighted by Crippen LogP contribution is 2.25. The van der Waals surface area contributed by atoms with Crippen LogP contribution in [-0.4, -0.2) is 23.8 Å². The third-order valence-corrected chi connectivity index (χ3v) is 3.48. The number of carbonyl (C=O) groups is 1. The average Bonchev–Trinajstić information content (AvgIpc) is 2.34. The molecule has 2 atom stereocenters. The lowest BCUT2D eigenvalue weighted by Crippen LogP contribution is -2.25. The van der Waals surface area contributed by atoms with E-state index >= 15 is 0 Å². The molecule has 100 valence electrons. The Kier molecular flexibility index (Phi) is 5.93. The Labute approximate surface area is 117 Å². The Morgan fingerprint density at radius 1 is 1.39 bits per heavy atom. The summed E-state index contributed by atoms with van der Waals surface area (Å²) in [4.78, 5) is 11.8. The van der Waals surface area contributed by atoms with E-state index in [9.17, 15) is 9.90 Å². The van der Waals surface area contributed by atoms with Crippen LogP contribution in [0.2, 0.25) is 10.0 Å². The van der Waals surface area contributed by atoms with E-state index in [2.05, 4.69) is 0 Å². The molecule has 0 fully saturated rings. The molecule has 1 aromatic carbocycles. The molecule has 0 bridgehead atoms. The van der Waals surface area contributed by atoms with Crippen LogP contribution in [0.4, 0.5) is 0 Å². The van der Waals surface area contributed by atoms with Crippen molar-refractivity contribution in [3.05, 3.63) is 33.8 Å². The number of rotatable bonds is 5. The zero-order valence-corrected chi connectivity index (χ0v) is 11.8. The minimum atomic E-state index is -0.680. The van der Waals surface area contributed by atoms with Gasteiger partial charge in [0.25, 0.3) is 0 Å². The minimum absolute atomic E-state index is 0.0601. The highest BCUT2D eigenvalue weighted by atomic mass is 35.5. The van der Waals surface area contributed by atoms with Gasteiger partial charge in [-0.3, -0.25) is 0 Å². The Hall–Kier alpha value is -0.770. The van der Waals surface area contributed by atoms with Gasteiger partial charge in [-0.15, -0.1) is 0 Å². The Morgan fingerprint density at radius 3 is 2.44 bits per heavy atom. The van der Waals surface area contributed by atoms with E-state index in [1.807, 2.05) is 13.8 Å². The molecule has 0 aromatic heterocycles. The van der Waals surface area contributed by atoms with Gasteiger partial charge < -0.3 is 9.84 Å². The van der Waals surface area contributed by atoms with Crippen molar-refractivity contribution >= 4 is 29.2 Å². The molecular formula is C13H16Cl2O3. The molecule has 5 heteroatoms. The van der Waals surface area contributed by atoms with Crippen molar-refractivity contribution in [3.63, 3.8) is 0 Å². The standard InChI is InChI=1S/C13H16Cl2O3/c1-3-8(2)11(16)7-18-13(17)12-9(14)5-4-6-10(12)15/h4-6,8,11,16H,3,7H2,1-2H3/t8-,11?/m0/s1. The third-order valence-electron chi connectivity index (χ3n) is 2.85. The van der Waals surface area contributed by atoms with Gasteiger partial charge in [-0.2, -0.15) is 0 Å². The molecule has 1 aromatic rings. The molecule has 0 radical (unpaired) electrons. The van der Waals surface area contributed by atoms with Crippen molar-refractivity contribution in [1.29, 1.82) is 0 Å². The van der Waals surface area contributed by atoms with E-state index in [0.29, 0.717) is 0 Å². The molecule has 0 saturated heterocycles. The maximum absolute atomic E-state index is 11.8. The number of carbonyl (C=O) groups excluding carboxylic acids is 1. The van der Waals surface area contributed by atoms with Crippen molar-refractivity contribution < 1.29 is 14.6 Å². The van der Waals surface area contributed by atoms with Crippen LogP contribution in [0.5, 0.6) is 0 Å². The molecule has 1 unspecified atom stereocenters. The average molecular weight is 291 g/mol. The highest BCUT2D eigenvalue weighted by Gasteiger charge is 2.19. The first-order valence-corrected chi connectivity index (χ1v) is 6.52. The van der Waals surface area contributed by atoms with Crippen molar-refractivity contribution in [1.82, 2.24) is 0 Å². The summed E-state index contributed by atoms with van der Waals surface area (Å²) in [5, 5.41) is 10.2. The Bertz CT molecular complexity index is 400. The number of halogens is 2. The normalized spacial score (nSPS) is 14.1. The molecule has 0 amide bonds. The van der Waals surface area contributed by atoms with Gasteiger partial charge in [0.1, 0.15) is 6.61 Å². The lowest BCUT2D eigenvalue weighted by atomic mass is 10.0. The summed E-state index contributed by atoms with van der Waals surface area (Å²) < 4.78 is 5.02. The number of benzene rings is 1. The zero-order chi connectivity index (χ0) is 13.7. The van der Waals surface area contributed by atoms with Crippen LogP contribution in [0.3, 0.4) is 0 Å². The molecule has 0 heterocycles. The summed E-state index contributed by atoms with van der Waals surface area (Å²) in [5.74, 6) is -0.549. The lowest BCUT2D eigenvalue weighted by molar-refractivity contribution is 0.0106. The van der Waals surface area contributed by atoms with E-state index in [1.165, 1.54) is 0 Å². The van der Waals surface area contributed by atoms with Crippen LogP contribution < -0.4 is 0 Å². The van der Waals surface area contributed by atoms with Gasteiger partial charge in [0.15, 0.2) is 0 Å². The summed E-state index contributed by atoms with van der Waals surface area (Å²) in [6.45, 7) is 3.79. The lowest BCUT2D eigenvalue weighted by Gasteiger charge is -2.17. The number of ether oxygens (including phenoxy) is 1. The van der Waals surface area contributed by atoms with E-state index in [0.717, 1.165) is 6.42 Å². The topological polar surface area (TPSA) is 46.5 Å². The molecule has 1 N–H and O–H groups in total. The third kappa shape index (κ3) is 3.87. The van der Waals surface area contributed by atoms with Crippen LogP contribution in [0.15, 0.2) is 18.2 Å². The molecule has 3 nitrogen and oxygen atoms in total. The molecule has 1 rings (SSSR count). The second-order valence-electron chi connectivity index (χ2n) is 4.15. The molecular weight excluding hydrogens is 275 g/mol. The van der Waals surface area contributed by atoms with Crippen LogP contribution in [0.1, 0.15) is 30.6 Å². The second-order valence-corrected chi connectivity index (χ2v) is 4.96. The van der Waals surface area contributed by atoms with E-state index < -0.39 is 12.1 Å². The van der Waals surface area contributed by atoms with Gasteiger partial charge in [0.05, 0.1) is 21.7 Å². The van der Waals surface area contributed by atoms with E-state index in [1.54, 1.807) is 18.2 Å². The Balaban J connectivity index is 2.66. The molecule has 18 heavy (non-hydrogen) atoms. The van der Waals surface area contributed by atoms with Gasteiger partial charge in [-0.05, 0) is 18.1 Å². The molecule has 0 spiro atoms. The number of aliphatic hydroxyl groups excluding tert-OH is 1.